The average molecular weight is 459 g/mol. The summed E-state index contributed by atoms with van der Waals surface area (Å²) in [6, 6.07) is 5.93. The molecule has 182 valence electrons. The zero-order valence-electron chi connectivity index (χ0n) is 20.1. The molecule has 0 saturated heterocycles. The number of rotatable bonds is 5. The molecule has 3 saturated carbocycles. The van der Waals surface area contributed by atoms with Crippen molar-refractivity contribution < 1.29 is 19.1 Å². The topological polar surface area (TPSA) is 78.4 Å². The summed E-state index contributed by atoms with van der Waals surface area (Å²) in [5.41, 5.74) is 0.312. The van der Waals surface area contributed by atoms with Gasteiger partial charge in [0, 0.05) is 23.6 Å². The van der Waals surface area contributed by atoms with Crippen molar-refractivity contribution in [2.24, 2.45) is 29.1 Å². The number of hydrogen-bond acceptors (Lipinski definition) is 3. The van der Waals surface area contributed by atoms with Crippen molar-refractivity contribution >= 4 is 11.8 Å². The van der Waals surface area contributed by atoms with Gasteiger partial charge in [-0.15, -0.1) is 0 Å². The Morgan fingerprint density at radius 3 is 2.52 bits per heavy atom. The second kappa shape index (κ2) is 9.73. The standard InChI is InChI=1S/C27H39FN2O3/c1-16(25(32)29-20-9-4-5-10-20)21-11-13-27(3)14-12-22(17(2)23(27)24(21)31)30-26(33)18-7-6-8-19(28)15-18/h6-8,15-17,20-24,31H,4-5,9-14H2,1-3H3,(H,29,32)(H,30,33)/t16-,17-,21+,22-,23+,24-,27+/m0/s1. The third-order valence-electron chi connectivity index (χ3n) is 9.05. The van der Waals surface area contributed by atoms with Crippen molar-refractivity contribution in [3.8, 4) is 0 Å². The molecule has 0 aromatic heterocycles. The van der Waals surface area contributed by atoms with Crippen molar-refractivity contribution in [2.75, 3.05) is 0 Å². The van der Waals surface area contributed by atoms with Crippen LogP contribution < -0.4 is 10.6 Å². The molecule has 4 rings (SSSR count). The molecule has 0 heterocycles. The summed E-state index contributed by atoms with van der Waals surface area (Å²) in [5.74, 6) is -0.893. The van der Waals surface area contributed by atoms with E-state index in [2.05, 4.69) is 24.5 Å². The van der Waals surface area contributed by atoms with E-state index in [0.29, 0.717) is 5.56 Å². The Hall–Kier alpha value is -1.95. The Morgan fingerprint density at radius 2 is 1.82 bits per heavy atom. The van der Waals surface area contributed by atoms with Crippen LogP contribution in [0.3, 0.4) is 0 Å². The molecule has 0 aliphatic heterocycles. The molecule has 3 N–H and O–H groups in total. The van der Waals surface area contributed by atoms with Gasteiger partial charge in [-0.1, -0.05) is 39.7 Å². The van der Waals surface area contributed by atoms with E-state index in [1.165, 1.54) is 25.0 Å². The van der Waals surface area contributed by atoms with Crippen molar-refractivity contribution in [1.82, 2.24) is 10.6 Å². The first-order valence-corrected chi connectivity index (χ1v) is 12.7. The predicted octanol–water partition coefficient (Wildman–Crippen LogP) is 4.44. The minimum atomic E-state index is -0.586. The lowest BCUT2D eigenvalue weighted by molar-refractivity contribution is -0.142. The lowest BCUT2D eigenvalue weighted by Crippen LogP contribution is -2.58. The molecule has 1 aromatic carbocycles. The summed E-state index contributed by atoms with van der Waals surface area (Å²) in [5, 5.41) is 17.9. The van der Waals surface area contributed by atoms with E-state index in [1.807, 2.05) is 6.92 Å². The van der Waals surface area contributed by atoms with Gasteiger partial charge in [0.05, 0.1) is 6.10 Å². The fourth-order valence-electron chi connectivity index (χ4n) is 6.98. The van der Waals surface area contributed by atoms with E-state index < -0.39 is 11.9 Å². The monoisotopic (exact) mass is 458 g/mol. The molecule has 33 heavy (non-hydrogen) atoms. The van der Waals surface area contributed by atoms with E-state index in [9.17, 15) is 19.1 Å². The van der Waals surface area contributed by atoms with Gasteiger partial charge in [0.25, 0.3) is 5.91 Å². The Balaban J connectivity index is 1.45. The van der Waals surface area contributed by atoms with Crippen molar-refractivity contribution in [1.29, 1.82) is 0 Å². The van der Waals surface area contributed by atoms with Crippen LogP contribution in [0.25, 0.3) is 0 Å². The highest BCUT2D eigenvalue weighted by Gasteiger charge is 2.54. The zero-order chi connectivity index (χ0) is 23.8. The SMILES string of the molecule is C[C@@H]1[C@@H]2[C@@H](O)[C@@H]([C@H](C)C(=O)NC3CCCC3)CC[C@]2(C)CC[C@@H]1NC(=O)c1cccc(F)c1. The van der Waals surface area contributed by atoms with Crippen molar-refractivity contribution in [3.05, 3.63) is 35.6 Å². The number of fused-ring (bicyclic) bond motifs is 1. The van der Waals surface area contributed by atoms with Crippen LogP contribution in [-0.4, -0.2) is 35.1 Å². The molecule has 3 fully saturated rings. The highest BCUT2D eigenvalue weighted by Crippen LogP contribution is 2.55. The van der Waals surface area contributed by atoms with E-state index in [4.69, 9.17) is 0 Å². The fourth-order valence-corrected chi connectivity index (χ4v) is 6.98. The van der Waals surface area contributed by atoms with Crippen molar-refractivity contribution in [2.45, 2.75) is 90.3 Å². The number of amides is 2. The molecule has 0 radical (unpaired) electrons. The molecule has 0 spiro atoms. The van der Waals surface area contributed by atoms with Gasteiger partial charge in [0.2, 0.25) is 5.91 Å². The number of nitrogens with one attached hydrogen (secondary N) is 2. The number of halogens is 1. The second-order valence-electron chi connectivity index (χ2n) is 11.1. The van der Waals surface area contributed by atoms with E-state index in [-0.39, 0.29) is 53.0 Å². The summed E-state index contributed by atoms with van der Waals surface area (Å²) >= 11 is 0. The van der Waals surface area contributed by atoms with Crippen LogP contribution in [0.4, 0.5) is 4.39 Å². The molecule has 6 heteroatoms. The summed E-state index contributed by atoms with van der Waals surface area (Å²) in [7, 11) is 0. The first-order valence-electron chi connectivity index (χ1n) is 12.7. The number of aliphatic hydroxyl groups is 1. The molecular formula is C27H39FN2O3. The van der Waals surface area contributed by atoms with E-state index in [1.54, 1.807) is 12.1 Å². The van der Waals surface area contributed by atoms with Crippen LogP contribution in [0.2, 0.25) is 0 Å². The lowest BCUT2D eigenvalue weighted by Gasteiger charge is -2.56. The van der Waals surface area contributed by atoms with Crippen LogP contribution in [0.1, 0.15) is 82.5 Å². The van der Waals surface area contributed by atoms with Crippen LogP contribution in [-0.2, 0) is 4.79 Å². The number of hydrogen-bond donors (Lipinski definition) is 3. The molecule has 0 unspecified atom stereocenters. The maximum Gasteiger partial charge on any atom is 0.251 e. The van der Waals surface area contributed by atoms with Crippen LogP contribution >= 0.6 is 0 Å². The van der Waals surface area contributed by atoms with Crippen LogP contribution in [0.5, 0.6) is 0 Å². The average Bonchev–Trinajstić information content (AvgIpc) is 3.28. The third kappa shape index (κ3) is 4.96. The van der Waals surface area contributed by atoms with E-state index in [0.717, 1.165) is 38.5 Å². The van der Waals surface area contributed by atoms with Gasteiger partial charge in [-0.25, -0.2) is 4.39 Å². The Bertz CT molecular complexity index is 871. The highest BCUT2D eigenvalue weighted by atomic mass is 19.1. The summed E-state index contributed by atoms with van der Waals surface area (Å²) < 4.78 is 13.6. The quantitative estimate of drug-likeness (QED) is 0.610. The molecule has 2 amide bonds. The normalized spacial score (nSPS) is 35.5. The first kappa shape index (κ1) is 24.2. The Kier molecular flexibility index (Phi) is 7.13. The number of aliphatic hydroxyl groups excluding tert-OH is 1. The minimum absolute atomic E-state index is 0.00291. The minimum Gasteiger partial charge on any atom is -0.392 e. The van der Waals surface area contributed by atoms with Gasteiger partial charge in [-0.2, -0.15) is 0 Å². The molecule has 0 bridgehead atoms. The molecule has 7 atom stereocenters. The van der Waals surface area contributed by atoms with Crippen LogP contribution in [0, 0.1) is 34.9 Å². The molecule has 5 nitrogen and oxygen atoms in total. The Morgan fingerprint density at radius 1 is 1.12 bits per heavy atom. The second-order valence-corrected chi connectivity index (χ2v) is 11.1. The van der Waals surface area contributed by atoms with Gasteiger partial charge in [0.1, 0.15) is 5.82 Å². The number of carbonyl (C=O) groups excluding carboxylic acids is 2. The van der Waals surface area contributed by atoms with Gasteiger partial charge in [-0.05, 0) is 79.9 Å². The van der Waals surface area contributed by atoms with E-state index >= 15 is 0 Å². The van der Waals surface area contributed by atoms with Crippen LogP contribution in [0.15, 0.2) is 24.3 Å². The molecular weight excluding hydrogens is 419 g/mol. The number of benzene rings is 1. The summed E-state index contributed by atoms with van der Waals surface area (Å²) in [4.78, 5) is 25.7. The highest BCUT2D eigenvalue weighted by molar-refractivity contribution is 5.94. The maximum atomic E-state index is 13.6. The fraction of sp³-hybridized carbons (Fsp3) is 0.704. The molecule has 3 aliphatic carbocycles. The number of carbonyl (C=O) groups is 2. The lowest BCUT2D eigenvalue weighted by atomic mass is 9.51. The third-order valence-corrected chi connectivity index (χ3v) is 9.05. The largest absolute Gasteiger partial charge is 0.392 e. The van der Waals surface area contributed by atoms with Gasteiger partial charge in [0.15, 0.2) is 0 Å². The molecule has 3 aliphatic rings. The predicted molar refractivity (Wildman–Crippen MR) is 126 cm³/mol. The zero-order valence-corrected chi connectivity index (χ0v) is 20.1. The summed E-state index contributed by atoms with van der Waals surface area (Å²) in [6.45, 7) is 6.31. The Labute approximate surface area is 196 Å². The smallest absolute Gasteiger partial charge is 0.251 e. The van der Waals surface area contributed by atoms with Gasteiger partial charge >= 0.3 is 0 Å². The summed E-state index contributed by atoms with van der Waals surface area (Å²) in [6.07, 6.45) is 7.45. The van der Waals surface area contributed by atoms with Crippen molar-refractivity contribution in [3.63, 3.8) is 0 Å². The first-order chi connectivity index (χ1) is 15.7. The molecule has 1 aromatic rings. The van der Waals surface area contributed by atoms with Gasteiger partial charge < -0.3 is 15.7 Å². The maximum absolute atomic E-state index is 13.6. The van der Waals surface area contributed by atoms with Gasteiger partial charge in [-0.3, -0.25) is 9.59 Å².